The number of para-hydroxylation sites is 1. The van der Waals surface area contributed by atoms with E-state index in [1.165, 1.54) is 16.7 Å². The molecule has 6 nitrogen and oxygen atoms in total. The third kappa shape index (κ3) is 4.88. The van der Waals surface area contributed by atoms with Gasteiger partial charge in [0.1, 0.15) is 0 Å². The van der Waals surface area contributed by atoms with Crippen molar-refractivity contribution in [2.45, 2.75) is 6.54 Å². The molecule has 4 aromatic rings. The second-order valence-corrected chi connectivity index (χ2v) is 8.29. The van der Waals surface area contributed by atoms with Gasteiger partial charge in [-0.25, -0.2) is 15.0 Å². The zero-order valence-corrected chi connectivity index (χ0v) is 18.3. The predicted octanol–water partition coefficient (Wildman–Crippen LogP) is 4.48. The molecule has 1 saturated heterocycles. The highest BCUT2D eigenvalue weighted by Gasteiger charge is 2.14. The van der Waals surface area contributed by atoms with Crippen LogP contribution in [0.4, 0.5) is 11.6 Å². The van der Waals surface area contributed by atoms with Gasteiger partial charge in [-0.05, 0) is 48.0 Å². The molecule has 2 N–H and O–H groups in total. The number of piperazine rings is 1. The molecule has 5 rings (SSSR count). The Balaban J connectivity index is 1.26. The summed E-state index contributed by atoms with van der Waals surface area (Å²) in [5.74, 6) is 0.657. The van der Waals surface area contributed by atoms with Crippen molar-refractivity contribution in [3.05, 3.63) is 84.6 Å². The normalized spacial score (nSPS) is 15.0. The fourth-order valence-electron chi connectivity index (χ4n) is 3.90. The first-order chi connectivity index (χ1) is 15.7. The van der Waals surface area contributed by atoms with E-state index in [1.54, 1.807) is 0 Å². The number of rotatable bonds is 6. The van der Waals surface area contributed by atoms with Gasteiger partial charge < -0.3 is 10.2 Å². The topological polar surface area (TPSA) is 56.3 Å². The van der Waals surface area contributed by atoms with Gasteiger partial charge in [-0.15, -0.1) is 0 Å². The van der Waals surface area contributed by atoms with Gasteiger partial charge in [-0.3, -0.25) is 5.43 Å². The Hall–Kier alpha value is -3.48. The molecule has 0 atom stereocenters. The number of benzene rings is 3. The summed E-state index contributed by atoms with van der Waals surface area (Å²) in [4.78, 5) is 11.6. The summed E-state index contributed by atoms with van der Waals surface area (Å²) in [6, 6.07) is 25.3. The molecule has 0 spiro atoms. The van der Waals surface area contributed by atoms with Crippen LogP contribution in [-0.4, -0.2) is 53.1 Å². The highest BCUT2D eigenvalue weighted by Crippen LogP contribution is 2.24. The maximum atomic E-state index is 4.70. The van der Waals surface area contributed by atoms with Crippen molar-refractivity contribution >= 4 is 22.5 Å². The van der Waals surface area contributed by atoms with Gasteiger partial charge >= 0.3 is 0 Å². The monoisotopic (exact) mass is 424 g/mol. The summed E-state index contributed by atoms with van der Waals surface area (Å²) in [5.41, 5.74) is 9.04. The van der Waals surface area contributed by atoms with Crippen LogP contribution in [-0.2, 0) is 6.54 Å². The average molecular weight is 425 g/mol. The van der Waals surface area contributed by atoms with Crippen molar-refractivity contribution in [2.24, 2.45) is 0 Å². The molecule has 6 heteroatoms. The number of likely N-dealkylation sites (N-methyl/N-ethyl adjacent to an activating group) is 1. The van der Waals surface area contributed by atoms with Crippen LogP contribution >= 0.6 is 0 Å². The molecule has 1 fully saturated rings. The molecule has 0 saturated carbocycles. The number of fused-ring (bicyclic) bond motifs is 1. The largest absolute Gasteiger partial charge is 0.381 e. The molecule has 2 heterocycles. The molecule has 1 aliphatic rings. The van der Waals surface area contributed by atoms with E-state index in [0.717, 1.165) is 49.3 Å². The van der Waals surface area contributed by atoms with Crippen molar-refractivity contribution in [2.75, 3.05) is 44.0 Å². The molecule has 32 heavy (non-hydrogen) atoms. The number of hydrogen-bond donors (Lipinski definition) is 2. The van der Waals surface area contributed by atoms with Crippen molar-refractivity contribution in [1.82, 2.24) is 19.9 Å². The maximum absolute atomic E-state index is 4.70. The van der Waals surface area contributed by atoms with Crippen molar-refractivity contribution in [1.29, 1.82) is 0 Å². The molecule has 0 amide bonds. The minimum Gasteiger partial charge on any atom is -0.381 e. The predicted molar refractivity (Wildman–Crippen MR) is 131 cm³/mol. The number of hydrazine groups is 1. The SMILES string of the molecule is CN1CCN(Nc2ncc3cc(-c4ccc(CNc5ccccc5)cc4)ccc3n2)CC1. The number of aromatic nitrogens is 2. The van der Waals surface area contributed by atoms with E-state index in [1.807, 2.05) is 24.4 Å². The Bertz CT molecular complexity index is 1170. The lowest BCUT2D eigenvalue weighted by molar-refractivity contribution is 0.178. The number of nitrogens with one attached hydrogen (secondary N) is 2. The van der Waals surface area contributed by atoms with E-state index in [-0.39, 0.29) is 0 Å². The number of anilines is 2. The number of nitrogens with zero attached hydrogens (tertiary/aromatic N) is 4. The first kappa shape index (κ1) is 20.4. The second kappa shape index (κ2) is 9.34. The van der Waals surface area contributed by atoms with Crippen LogP contribution in [0.2, 0.25) is 0 Å². The summed E-state index contributed by atoms with van der Waals surface area (Å²) >= 11 is 0. The van der Waals surface area contributed by atoms with Crippen LogP contribution in [0.5, 0.6) is 0 Å². The second-order valence-electron chi connectivity index (χ2n) is 8.29. The van der Waals surface area contributed by atoms with E-state index in [9.17, 15) is 0 Å². The lowest BCUT2D eigenvalue weighted by Gasteiger charge is -2.32. The Kier molecular flexibility index (Phi) is 5.96. The molecule has 0 unspecified atom stereocenters. The molecule has 0 aliphatic carbocycles. The zero-order chi connectivity index (χ0) is 21.8. The van der Waals surface area contributed by atoms with Gasteiger partial charge in [0, 0.05) is 50.0 Å². The van der Waals surface area contributed by atoms with Gasteiger partial charge in [0.05, 0.1) is 5.52 Å². The van der Waals surface area contributed by atoms with Crippen LogP contribution in [0, 0.1) is 0 Å². The molecule has 162 valence electrons. The van der Waals surface area contributed by atoms with Crippen LogP contribution in [0.25, 0.3) is 22.0 Å². The zero-order valence-electron chi connectivity index (χ0n) is 18.3. The minimum atomic E-state index is 0.657. The van der Waals surface area contributed by atoms with E-state index in [4.69, 9.17) is 4.98 Å². The molecule has 0 bridgehead atoms. The summed E-state index contributed by atoms with van der Waals surface area (Å²) in [6.45, 7) is 4.83. The van der Waals surface area contributed by atoms with E-state index < -0.39 is 0 Å². The van der Waals surface area contributed by atoms with E-state index >= 15 is 0 Å². The Morgan fingerprint density at radius 1 is 0.844 bits per heavy atom. The van der Waals surface area contributed by atoms with Gasteiger partial charge in [-0.1, -0.05) is 48.5 Å². The average Bonchev–Trinajstić information content (AvgIpc) is 2.85. The molecular weight excluding hydrogens is 396 g/mol. The van der Waals surface area contributed by atoms with Crippen LogP contribution in [0.1, 0.15) is 5.56 Å². The van der Waals surface area contributed by atoms with Crippen LogP contribution in [0.15, 0.2) is 79.0 Å². The highest BCUT2D eigenvalue weighted by molar-refractivity contribution is 5.84. The summed E-state index contributed by atoms with van der Waals surface area (Å²) in [6.07, 6.45) is 1.91. The molecule has 3 aromatic carbocycles. The van der Waals surface area contributed by atoms with Gasteiger partial charge in [0.2, 0.25) is 5.95 Å². The van der Waals surface area contributed by atoms with Gasteiger partial charge in [-0.2, -0.15) is 0 Å². The Morgan fingerprint density at radius 3 is 2.38 bits per heavy atom. The Labute approximate surface area is 188 Å². The fraction of sp³-hybridized carbons (Fsp3) is 0.231. The van der Waals surface area contributed by atoms with Crippen LogP contribution < -0.4 is 10.7 Å². The van der Waals surface area contributed by atoms with E-state index in [0.29, 0.717) is 5.95 Å². The maximum Gasteiger partial charge on any atom is 0.238 e. The summed E-state index contributed by atoms with van der Waals surface area (Å²) in [7, 11) is 2.15. The van der Waals surface area contributed by atoms with Crippen molar-refractivity contribution < 1.29 is 0 Å². The lowest BCUT2D eigenvalue weighted by atomic mass is 10.0. The Morgan fingerprint density at radius 2 is 1.59 bits per heavy atom. The molecule has 0 radical (unpaired) electrons. The van der Waals surface area contributed by atoms with Crippen molar-refractivity contribution in [3.63, 3.8) is 0 Å². The standard InChI is InChI=1S/C26H28N6/c1-31-13-15-32(16-14-31)30-26-28-19-23-17-22(11-12-25(23)29-26)21-9-7-20(8-10-21)18-27-24-5-3-2-4-6-24/h2-12,17,19,27H,13-16,18H2,1H3,(H,28,29,30). The van der Waals surface area contributed by atoms with Crippen LogP contribution in [0.3, 0.4) is 0 Å². The van der Waals surface area contributed by atoms with Gasteiger partial charge in [0.15, 0.2) is 0 Å². The molecular formula is C26H28N6. The minimum absolute atomic E-state index is 0.657. The lowest BCUT2D eigenvalue weighted by Crippen LogP contribution is -2.47. The third-order valence-corrected chi connectivity index (χ3v) is 5.90. The first-order valence-electron chi connectivity index (χ1n) is 11.1. The van der Waals surface area contributed by atoms with Gasteiger partial charge in [0.25, 0.3) is 0 Å². The highest BCUT2D eigenvalue weighted by atomic mass is 15.5. The fourth-order valence-corrected chi connectivity index (χ4v) is 3.90. The molecule has 1 aromatic heterocycles. The molecule has 1 aliphatic heterocycles. The smallest absolute Gasteiger partial charge is 0.238 e. The quantitative estimate of drug-likeness (QED) is 0.476. The number of hydrogen-bond acceptors (Lipinski definition) is 6. The third-order valence-electron chi connectivity index (χ3n) is 5.90. The van der Waals surface area contributed by atoms with Crippen molar-refractivity contribution in [3.8, 4) is 11.1 Å². The first-order valence-corrected chi connectivity index (χ1v) is 11.1. The summed E-state index contributed by atoms with van der Waals surface area (Å²) in [5, 5.41) is 6.68. The summed E-state index contributed by atoms with van der Waals surface area (Å²) < 4.78 is 0. The van der Waals surface area contributed by atoms with E-state index in [2.05, 4.69) is 87.3 Å².